The third-order valence-electron chi connectivity index (χ3n) is 3.13. The first-order valence-corrected chi connectivity index (χ1v) is 6.13. The lowest BCUT2D eigenvalue weighted by molar-refractivity contribution is 0.0760. The van der Waals surface area contributed by atoms with Crippen molar-refractivity contribution in [2.24, 2.45) is 5.73 Å². The van der Waals surface area contributed by atoms with Gasteiger partial charge in [-0.05, 0) is 19.3 Å². The van der Waals surface area contributed by atoms with Gasteiger partial charge in [0.05, 0.1) is 6.61 Å². The smallest absolute Gasteiger partial charge is 0.0646 e. The minimum Gasteiger partial charge on any atom is -0.380 e. The van der Waals surface area contributed by atoms with Crippen LogP contribution in [0.25, 0.3) is 0 Å². The second-order valence-corrected chi connectivity index (χ2v) is 4.68. The van der Waals surface area contributed by atoms with Gasteiger partial charge in [-0.1, -0.05) is 39.0 Å². The predicted molar refractivity (Wildman–Crippen MR) is 60.3 cm³/mol. The maximum absolute atomic E-state index is 6.32. The number of hydrogen-bond donors (Lipinski definition) is 1. The Hall–Kier alpha value is -0.0800. The molecule has 2 nitrogen and oxygen atoms in total. The molecule has 0 aliphatic heterocycles. The number of hydrogen-bond acceptors (Lipinski definition) is 2. The molecule has 0 amide bonds. The monoisotopic (exact) mass is 199 g/mol. The SMILES string of the molecule is CCCCOCC1(N)CCCCCC1. The third-order valence-corrected chi connectivity index (χ3v) is 3.13. The van der Waals surface area contributed by atoms with Gasteiger partial charge in [-0.3, -0.25) is 0 Å². The van der Waals surface area contributed by atoms with E-state index in [2.05, 4.69) is 6.92 Å². The van der Waals surface area contributed by atoms with Gasteiger partial charge in [-0.15, -0.1) is 0 Å². The average Bonchev–Trinajstić information content (AvgIpc) is 2.39. The van der Waals surface area contributed by atoms with Crippen molar-refractivity contribution >= 4 is 0 Å². The van der Waals surface area contributed by atoms with E-state index in [4.69, 9.17) is 10.5 Å². The molecule has 1 aliphatic carbocycles. The molecule has 2 N–H and O–H groups in total. The Labute approximate surface area is 88.2 Å². The number of nitrogens with two attached hydrogens (primary N) is 1. The molecule has 0 radical (unpaired) electrons. The van der Waals surface area contributed by atoms with Crippen molar-refractivity contribution < 1.29 is 4.74 Å². The highest BCUT2D eigenvalue weighted by Crippen LogP contribution is 2.25. The molecule has 0 aromatic carbocycles. The van der Waals surface area contributed by atoms with E-state index in [1.54, 1.807) is 0 Å². The Morgan fingerprint density at radius 1 is 1.14 bits per heavy atom. The lowest BCUT2D eigenvalue weighted by atomic mass is 9.93. The minimum atomic E-state index is -0.00968. The Balaban J connectivity index is 2.17. The summed E-state index contributed by atoms with van der Waals surface area (Å²) in [6.07, 6.45) is 9.95. The summed E-state index contributed by atoms with van der Waals surface area (Å²) in [6, 6.07) is 0. The first kappa shape index (κ1) is 12.0. The molecule has 14 heavy (non-hydrogen) atoms. The highest BCUT2D eigenvalue weighted by Gasteiger charge is 2.26. The summed E-state index contributed by atoms with van der Waals surface area (Å²) >= 11 is 0. The third kappa shape index (κ3) is 4.43. The molecule has 0 unspecified atom stereocenters. The van der Waals surface area contributed by atoms with Crippen LogP contribution in [0.3, 0.4) is 0 Å². The van der Waals surface area contributed by atoms with E-state index in [0.717, 1.165) is 32.5 Å². The molecule has 0 atom stereocenters. The molecule has 84 valence electrons. The van der Waals surface area contributed by atoms with Crippen LogP contribution in [0.1, 0.15) is 58.3 Å². The highest BCUT2D eigenvalue weighted by molar-refractivity contribution is 4.85. The summed E-state index contributed by atoms with van der Waals surface area (Å²) in [5.41, 5.74) is 6.31. The van der Waals surface area contributed by atoms with Crippen LogP contribution in [-0.4, -0.2) is 18.8 Å². The molecule has 0 bridgehead atoms. The van der Waals surface area contributed by atoms with Crippen LogP contribution < -0.4 is 5.73 Å². The van der Waals surface area contributed by atoms with Crippen LogP contribution in [-0.2, 0) is 4.74 Å². The largest absolute Gasteiger partial charge is 0.380 e. The van der Waals surface area contributed by atoms with Gasteiger partial charge in [0.2, 0.25) is 0 Å². The summed E-state index contributed by atoms with van der Waals surface area (Å²) in [6.45, 7) is 3.84. The van der Waals surface area contributed by atoms with Crippen molar-refractivity contribution in [3.63, 3.8) is 0 Å². The Morgan fingerprint density at radius 3 is 2.36 bits per heavy atom. The van der Waals surface area contributed by atoms with Crippen LogP contribution in [0.4, 0.5) is 0 Å². The molecule has 1 aliphatic rings. The van der Waals surface area contributed by atoms with E-state index in [9.17, 15) is 0 Å². The molecule has 0 heterocycles. The molecule has 0 spiro atoms. The van der Waals surface area contributed by atoms with Crippen LogP contribution >= 0.6 is 0 Å². The first-order chi connectivity index (χ1) is 6.77. The van der Waals surface area contributed by atoms with Gasteiger partial charge in [0.15, 0.2) is 0 Å². The van der Waals surface area contributed by atoms with E-state index in [1.165, 1.54) is 32.1 Å². The topological polar surface area (TPSA) is 35.2 Å². The lowest BCUT2D eigenvalue weighted by Crippen LogP contribution is -2.44. The molecule has 1 fully saturated rings. The number of ether oxygens (including phenoxy) is 1. The molecule has 2 heteroatoms. The van der Waals surface area contributed by atoms with Crippen molar-refractivity contribution in [2.75, 3.05) is 13.2 Å². The fourth-order valence-electron chi connectivity index (χ4n) is 2.10. The maximum Gasteiger partial charge on any atom is 0.0646 e. The van der Waals surface area contributed by atoms with Gasteiger partial charge in [0.25, 0.3) is 0 Å². The molecular weight excluding hydrogens is 174 g/mol. The minimum absolute atomic E-state index is 0.00968. The first-order valence-electron chi connectivity index (χ1n) is 6.13. The molecule has 0 aromatic heterocycles. The molecular formula is C12H25NO. The van der Waals surface area contributed by atoms with E-state index in [-0.39, 0.29) is 5.54 Å². The quantitative estimate of drug-likeness (QED) is 0.546. The zero-order chi connectivity index (χ0) is 10.3. The Kier molecular flexibility index (Phi) is 5.49. The van der Waals surface area contributed by atoms with Gasteiger partial charge in [-0.25, -0.2) is 0 Å². The standard InChI is InChI=1S/C12H25NO/c1-2-3-10-14-11-12(13)8-6-4-5-7-9-12/h2-11,13H2,1H3. The number of rotatable bonds is 5. The second kappa shape index (κ2) is 6.41. The second-order valence-electron chi connectivity index (χ2n) is 4.68. The van der Waals surface area contributed by atoms with E-state index >= 15 is 0 Å². The molecule has 1 saturated carbocycles. The van der Waals surface area contributed by atoms with Crippen molar-refractivity contribution in [2.45, 2.75) is 63.8 Å². The Bertz CT molecular complexity index is 139. The maximum atomic E-state index is 6.32. The fraction of sp³-hybridized carbons (Fsp3) is 1.00. The van der Waals surface area contributed by atoms with Crippen molar-refractivity contribution in [1.29, 1.82) is 0 Å². The van der Waals surface area contributed by atoms with E-state index < -0.39 is 0 Å². The summed E-state index contributed by atoms with van der Waals surface area (Å²) in [7, 11) is 0. The van der Waals surface area contributed by atoms with Crippen LogP contribution in [0.15, 0.2) is 0 Å². The van der Waals surface area contributed by atoms with Crippen LogP contribution in [0, 0.1) is 0 Å². The summed E-state index contributed by atoms with van der Waals surface area (Å²) in [4.78, 5) is 0. The zero-order valence-corrected chi connectivity index (χ0v) is 9.56. The van der Waals surface area contributed by atoms with Gasteiger partial charge in [0, 0.05) is 12.1 Å². The normalized spacial score (nSPS) is 21.9. The summed E-state index contributed by atoms with van der Waals surface area (Å²) in [5.74, 6) is 0. The predicted octanol–water partition coefficient (Wildman–Crippen LogP) is 2.85. The van der Waals surface area contributed by atoms with Gasteiger partial charge in [0.1, 0.15) is 0 Å². The zero-order valence-electron chi connectivity index (χ0n) is 9.56. The number of unbranched alkanes of at least 4 members (excludes halogenated alkanes) is 1. The van der Waals surface area contributed by atoms with E-state index in [1.807, 2.05) is 0 Å². The lowest BCUT2D eigenvalue weighted by Gasteiger charge is -2.27. The molecule has 0 aromatic rings. The molecule has 0 saturated heterocycles. The Morgan fingerprint density at radius 2 is 1.79 bits per heavy atom. The van der Waals surface area contributed by atoms with Crippen molar-refractivity contribution in [1.82, 2.24) is 0 Å². The fourth-order valence-corrected chi connectivity index (χ4v) is 2.10. The molecule has 1 rings (SSSR count). The van der Waals surface area contributed by atoms with Gasteiger partial charge < -0.3 is 10.5 Å². The van der Waals surface area contributed by atoms with Gasteiger partial charge in [-0.2, -0.15) is 0 Å². The summed E-state index contributed by atoms with van der Waals surface area (Å²) < 4.78 is 5.65. The average molecular weight is 199 g/mol. The van der Waals surface area contributed by atoms with Crippen LogP contribution in [0.2, 0.25) is 0 Å². The van der Waals surface area contributed by atoms with Crippen molar-refractivity contribution in [3.8, 4) is 0 Å². The van der Waals surface area contributed by atoms with Gasteiger partial charge >= 0.3 is 0 Å². The van der Waals surface area contributed by atoms with Crippen molar-refractivity contribution in [3.05, 3.63) is 0 Å². The van der Waals surface area contributed by atoms with Crippen LogP contribution in [0.5, 0.6) is 0 Å². The highest BCUT2D eigenvalue weighted by atomic mass is 16.5. The van der Waals surface area contributed by atoms with E-state index in [0.29, 0.717) is 0 Å². The summed E-state index contributed by atoms with van der Waals surface area (Å²) in [5, 5.41) is 0.